The van der Waals surface area contributed by atoms with Crippen molar-refractivity contribution in [3.8, 4) is 12.3 Å². The maximum Gasteiger partial charge on any atom is 0.419 e. The van der Waals surface area contributed by atoms with Gasteiger partial charge in [0.1, 0.15) is 5.82 Å². The summed E-state index contributed by atoms with van der Waals surface area (Å²) in [5, 5.41) is 2.97. The predicted molar refractivity (Wildman–Crippen MR) is 61.3 cm³/mol. The van der Waals surface area contributed by atoms with Crippen molar-refractivity contribution in [2.45, 2.75) is 25.6 Å². The minimum Gasteiger partial charge on any atom is -0.309 e. The smallest absolute Gasteiger partial charge is 0.309 e. The lowest BCUT2D eigenvalue weighted by Crippen LogP contribution is -2.21. The zero-order valence-corrected chi connectivity index (χ0v) is 9.81. The fraction of sp³-hybridized carbons (Fsp3) is 0.385. The number of benzene rings is 1. The Hall–Kier alpha value is -1.54. The van der Waals surface area contributed by atoms with Gasteiger partial charge in [-0.2, -0.15) is 13.2 Å². The second-order valence-electron chi connectivity index (χ2n) is 3.76. The van der Waals surface area contributed by atoms with E-state index in [-0.39, 0.29) is 6.42 Å². The number of rotatable bonds is 4. The Kier molecular flexibility index (Phi) is 4.74. The van der Waals surface area contributed by atoms with E-state index in [0.29, 0.717) is 12.1 Å². The Morgan fingerprint density at radius 2 is 2.06 bits per heavy atom. The Morgan fingerprint density at radius 1 is 1.39 bits per heavy atom. The molecule has 98 valence electrons. The van der Waals surface area contributed by atoms with Crippen LogP contribution in [-0.2, 0) is 6.18 Å². The summed E-state index contributed by atoms with van der Waals surface area (Å²) in [7, 11) is 0. The molecular formula is C13H13F4N. The standard InChI is InChI=1S/C13H13F4N/c1-3-5-12(18-4-2)9-6-7-11(14)10(8-9)13(15,16)17/h1,6-8,12,18H,4-5H2,2H3. The van der Waals surface area contributed by atoms with E-state index in [0.717, 1.165) is 12.1 Å². The van der Waals surface area contributed by atoms with Crippen molar-refractivity contribution in [1.82, 2.24) is 5.32 Å². The fourth-order valence-corrected chi connectivity index (χ4v) is 1.65. The Balaban J connectivity index is 3.14. The molecule has 1 rings (SSSR count). The van der Waals surface area contributed by atoms with E-state index in [9.17, 15) is 17.6 Å². The van der Waals surface area contributed by atoms with E-state index in [4.69, 9.17) is 6.42 Å². The maximum atomic E-state index is 13.1. The van der Waals surface area contributed by atoms with E-state index in [1.165, 1.54) is 6.07 Å². The van der Waals surface area contributed by atoms with Gasteiger partial charge in [0.05, 0.1) is 5.56 Å². The molecule has 0 heterocycles. The SMILES string of the molecule is C#CCC(NCC)c1ccc(F)c(C(F)(F)F)c1. The highest BCUT2D eigenvalue weighted by molar-refractivity contribution is 5.30. The quantitative estimate of drug-likeness (QED) is 0.644. The molecule has 0 saturated heterocycles. The van der Waals surface area contributed by atoms with Gasteiger partial charge in [-0.3, -0.25) is 0 Å². The molecule has 5 heteroatoms. The molecule has 1 unspecified atom stereocenters. The van der Waals surface area contributed by atoms with Crippen LogP contribution in [0.4, 0.5) is 17.6 Å². The third-order valence-electron chi connectivity index (χ3n) is 2.47. The third kappa shape index (κ3) is 3.47. The van der Waals surface area contributed by atoms with E-state index in [2.05, 4.69) is 11.2 Å². The Bertz CT molecular complexity index is 445. The third-order valence-corrected chi connectivity index (χ3v) is 2.47. The van der Waals surface area contributed by atoms with Crippen molar-refractivity contribution >= 4 is 0 Å². The molecule has 0 aromatic heterocycles. The topological polar surface area (TPSA) is 12.0 Å². The largest absolute Gasteiger partial charge is 0.419 e. The molecule has 0 amide bonds. The number of alkyl halides is 3. The lowest BCUT2D eigenvalue weighted by Gasteiger charge is -2.17. The van der Waals surface area contributed by atoms with Crippen LogP contribution < -0.4 is 5.32 Å². The van der Waals surface area contributed by atoms with E-state index in [1.807, 2.05) is 6.92 Å². The van der Waals surface area contributed by atoms with Crippen LogP contribution in [0.1, 0.15) is 30.5 Å². The normalized spacial score (nSPS) is 13.1. The van der Waals surface area contributed by atoms with Gasteiger partial charge in [0, 0.05) is 12.5 Å². The van der Waals surface area contributed by atoms with Gasteiger partial charge in [-0.25, -0.2) is 4.39 Å². The average Bonchev–Trinajstić information content (AvgIpc) is 2.28. The van der Waals surface area contributed by atoms with Crippen LogP contribution in [-0.4, -0.2) is 6.54 Å². The molecule has 0 saturated carbocycles. The molecule has 0 radical (unpaired) electrons. The van der Waals surface area contributed by atoms with Gasteiger partial charge in [-0.1, -0.05) is 13.0 Å². The van der Waals surface area contributed by atoms with Gasteiger partial charge in [-0.15, -0.1) is 12.3 Å². The van der Waals surface area contributed by atoms with E-state index >= 15 is 0 Å². The fourth-order valence-electron chi connectivity index (χ4n) is 1.65. The van der Waals surface area contributed by atoms with Crippen molar-refractivity contribution in [1.29, 1.82) is 0 Å². The van der Waals surface area contributed by atoms with Gasteiger partial charge in [0.25, 0.3) is 0 Å². The second kappa shape index (κ2) is 5.87. The first-order chi connectivity index (χ1) is 8.40. The number of hydrogen-bond acceptors (Lipinski definition) is 1. The van der Waals surface area contributed by atoms with Crippen LogP contribution in [0.5, 0.6) is 0 Å². The molecule has 1 atom stereocenters. The maximum absolute atomic E-state index is 13.1. The van der Waals surface area contributed by atoms with Crippen LogP contribution in [0.25, 0.3) is 0 Å². The molecular weight excluding hydrogens is 246 g/mol. The van der Waals surface area contributed by atoms with Crippen LogP contribution in [0.15, 0.2) is 18.2 Å². The molecule has 0 aliphatic heterocycles. The van der Waals surface area contributed by atoms with Gasteiger partial charge in [-0.05, 0) is 24.2 Å². The zero-order valence-electron chi connectivity index (χ0n) is 9.81. The summed E-state index contributed by atoms with van der Waals surface area (Å²) >= 11 is 0. The van der Waals surface area contributed by atoms with Gasteiger partial charge < -0.3 is 5.32 Å². The number of terminal acetylenes is 1. The van der Waals surface area contributed by atoms with Crippen LogP contribution >= 0.6 is 0 Å². The summed E-state index contributed by atoms with van der Waals surface area (Å²) in [5.41, 5.74) is -0.927. The molecule has 0 fully saturated rings. The molecule has 0 bridgehead atoms. The van der Waals surface area contributed by atoms with Crippen molar-refractivity contribution < 1.29 is 17.6 Å². The zero-order chi connectivity index (χ0) is 13.8. The minimum atomic E-state index is -4.70. The molecule has 18 heavy (non-hydrogen) atoms. The molecule has 1 aromatic rings. The summed E-state index contributed by atoms with van der Waals surface area (Å²) in [6.07, 6.45) is 0.710. The first-order valence-corrected chi connectivity index (χ1v) is 5.43. The molecule has 1 nitrogen and oxygen atoms in total. The number of hydrogen-bond donors (Lipinski definition) is 1. The van der Waals surface area contributed by atoms with E-state index < -0.39 is 23.6 Å². The van der Waals surface area contributed by atoms with Crippen LogP contribution in [0.3, 0.4) is 0 Å². The monoisotopic (exact) mass is 259 g/mol. The minimum absolute atomic E-state index is 0.247. The van der Waals surface area contributed by atoms with Gasteiger partial charge in [0.2, 0.25) is 0 Å². The van der Waals surface area contributed by atoms with Crippen molar-refractivity contribution in [3.05, 3.63) is 35.1 Å². The molecule has 0 aliphatic rings. The summed E-state index contributed by atoms with van der Waals surface area (Å²) < 4.78 is 50.8. The number of nitrogens with one attached hydrogen (secondary N) is 1. The lowest BCUT2D eigenvalue weighted by molar-refractivity contribution is -0.140. The first kappa shape index (κ1) is 14.5. The highest BCUT2D eigenvalue weighted by Gasteiger charge is 2.34. The summed E-state index contributed by atoms with van der Waals surface area (Å²) in [6.45, 7) is 2.38. The van der Waals surface area contributed by atoms with Crippen LogP contribution in [0, 0.1) is 18.2 Å². The highest BCUT2D eigenvalue weighted by atomic mass is 19.4. The van der Waals surface area contributed by atoms with Crippen molar-refractivity contribution in [3.63, 3.8) is 0 Å². The first-order valence-electron chi connectivity index (χ1n) is 5.43. The molecule has 0 aliphatic carbocycles. The predicted octanol–water partition coefficient (Wildman–Crippen LogP) is 3.52. The van der Waals surface area contributed by atoms with Crippen molar-refractivity contribution in [2.24, 2.45) is 0 Å². The second-order valence-corrected chi connectivity index (χ2v) is 3.76. The van der Waals surface area contributed by atoms with Crippen LogP contribution in [0.2, 0.25) is 0 Å². The highest BCUT2D eigenvalue weighted by Crippen LogP contribution is 2.33. The average molecular weight is 259 g/mol. The molecule has 0 spiro atoms. The Morgan fingerprint density at radius 3 is 2.56 bits per heavy atom. The van der Waals surface area contributed by atoms with Crippen molar-refractivity contribution in [2.75, 3.05) is 6.54 Å². The van der Waals surface area contributed by atoms with Gasteiger partial charge in [0.15, 0.2) is 0 Å². The van der Waals surface area contributed by atoms with Gasteiger partial charge >= 0.3 is 6.18 Å². The summed E-state index contributed by atoms with van der Waals surface area (Å²) in [5.74, 6) is 1.11. The lowest BCUT2D eigenvalue weighted by atomic mass is 10.0. The Labute approximate surface area is 103 Å². The molecule has 1 aromatic carbocycles. The number of halogens is 4. The molecule has 1 N–H and O–H groups in total. The van der Waals surface area contributed by atoms with E-state index in [1.54, 1.807) is 0 Å². The summed E-state index contributed by atoms with van der Waals surface area (Å²) in [4.78, 5) is 0. The summed E-state index contributed by atoms with van der Waals surface area (Å²) in [6, 6.07) is 2.54.